The van der Waals surface area contributed by atoms with Crippen LogP contribution in [0.25, 0.3) is 0 Å². The van der Waals surface area contributed by atoms with Crippen LogP contribution >= 0.6 is 0 Å². The van der Waals surface area contributed by atoms with Gasteiger partial charge in [-0.3, -0.25) is 0 Å². The van der Waals surface area contributed by atoms with Gasteiger partial charge in [0.1, 0.15) is 0 Å². The van der Waals surface area contributed by atoms with E-state index in [1.807, 2.05) is 25.4 Å². The second-order valence-electron chi connectivity index (χ2n) is 4.80. The molecule has 1 aromatic heterocycles. The largest absolute Gasteiger partial charge is 0.477 e. The van der Waals surface area contributed by atoms with Crippen LogP contribution in [0.2, 0.25) is 0 Å². The van der Waals surface area contributed by atoms with Crippen molar-refractivity contribution < 1.29 is 9.47 Å². The van der Waals surface area contributed by atoms with E-state index in [1.165, 1.54) is 5.56 Å². The Morgan fingerprint density at radius 2 is 2.28 bits per heavy atom. The molecular formula is C14H22N2O2. The minimum atomic E-state index is 0.318. The average Bonchev–Trinajstić information content (AvgIpc) is 2.45. The van der Waals surface area contributed by atoms with Gasteiger partial charge in [0.05, 0.1) is 6.61 Å². The van der Waals surface area contributed by atoms with Crippen LogP contribution in [0.5, 0.6) is 5.88 Å². The minimum absolute atomic E-state index is 0.318. The number of pyridine rings is 1. The lowest BCUT2D eigenvalue weighted by Gasteiger charge is -2.22. The van der Waals surface area contributed by atoms with Crippen molar-refractivity contribution in [2.75, 3.05) is 26.9 Å². The van der Waals surface area contributed by atoms with Crippen LogP contribution in [0.3, 0.4) is 0 Å². The Bertz CT molecular complexity index is 365. The first-order valence-corrected chi connectivity index (χ1v) is 6.63. The summed E-state index contributed by atoms with van der Waals surface area (Å²) in [7, 11) is 1.95. The van der Waals surface area contributed by atoms with Crippen LogP contribution < -0.4 is 10.1 Å². The zero-order valence-corrected chi connectivity index (χ0v) is 11.2. The zero-order valence-electron chi connectivity index (χ0n) is 11.2. The Morgan fingerprint density at radius 3 is 3.00 bits per heavy atom. The topological polar surface area (TPSA) is 43.4 Å². The van der Waals surface area contributed by atoms with Gasteiger partial charge in [-0.2, -0.15) is 0 Å². The summed E-state index contributed by atoms with van der Waals surface area (Å²) in [5.41, 5.74) is 1.20. The van der Waals surface area contributed by atoms with Crippen molar-refractivity contribution in [2.45, 2.75) is 25.8 Å². The first-order chi connectivity index (χ1) is 8.79. The highest BCUT2D eigenvalue weighted by molar-refractivity contribution is 5.23. The Balaban J connectivity index is 1.88. The molecule has 0 saturated carbocycles. The summed E-state index contributed by atoms with van der Waals surface area (Å²) in [6.07, 6.45) is 3.99. The van der Waals surface area contributed by atoms with E-state index < -0.39 is 0 Å². The molecule has 0 aliphatic carbocycles. The van der Waals surface area contributed by atoms with Gasteiger partial charge in [0, 0.05) is 31.5 Å². The molecular weight excluding hydrogens is 228 g/mol. The molecule has 4 nitrogen and oxygen atoms in total. The van der Waals surface area contributed by atoms with Gasteiger partial charge < -0.3 is 14.8 Å². The van der Waals surface area contributed by atoms with E-state index in [-0.39, 0.29) is 0 Å². The summed E-state index contributed by atoms with van der Waals surface area (Å²) in [4.78, 5) is 4.26. The lowest BCUT2D eigenvalue weighted by atomic mass is 10.0. The first kappa shape index (κ1) is 13.3. The van der Waals surface area contributed by atoms with Gasteiger partial charge in [0.2, 0.25) is 5.88 Å². The van der Waals surface area contributed by atoms with Crippen molar-refractivity contribution in [1.29, 1.82) is 0 Å². The fourth-order valence-electron chi connectivity index (χ4n) is 2.06. The molecule has 0 radical (unpaired) electrons. The lowest BCUT2D eigenvalue weighted by Crippen LogP contribution is -2.21. The fraction of sp³-hybridized carbons (Fsp3) is 0.643. The summed E-state index contributed by atoms with van der Waals surface area (Å²) in [5.74, 6) is 1.33. The van der Waals surface area contributed by atoms with Gasteiger partial charge >= 0.3 is 0 Å². The van der Waals surface area contributed by atoms with Gasteiger partial charge in [-0.15, -0.1) is 0 Å². The summed E-state index contributed by atoms with van der Waals surface area (Å²) >= 11 is 0. The summed E-state index contributed by atoms with van der Waals surface area (Å²) < 4.78 is 11.1. The standard InChI is InChI=1S/C14H22N2O2/c1-11(15-2)13-3-6-16-14(9-13)18-10-12-4-7-17-8-5-12/h3,6,9,11-12,15H,4-5,7-8,10H2,1-2H3. The molecule has 0 aromatic carbocycles. The van der Waals surface area contributed by atoms with E-state index >= 15 is 0 Å². The molecule has 1 saturated heterocycles. The molecule has 0 bridgehead atoms. The van der Waals surface area contributed by atoms with Crippen molar-refractivity contribution in [3.63, 3.8) is 0 Å². The minimum Gasteiger partial charge on any atom is -0.477 e. The molecule has 2 rings (SSSR count). The van der Waals surface area contributed by atoms with E-state index in [9.17, 15) is 0 Å². The van der Waals surface area contributed by atoms with Gasteiger partial charge in [0.15, 0.2) is 0 Å². The molecule has 1 aliphatic heterocycles. The van der Waals surface area contributed by atoms with Gasteiger partial charge in [-0.25, -0.2) is 4.98 Å². The maximum absolute atomic E-state index is 5.79. The molecule has 1 N–H and O–H groups in total. The number of hydrogen-bond acceptors (Lipinski definition) is 4. The predicted molar refractivity (Wildman–Crippen MR) is 70.7 cm³/mol. The zero-order chi connectivity index (χ0) is 12.8. The van der Waals surface area contributed by atoms with Crippen molar-refractivity contribution >= 4 is 0 Å². The molecule has 0 amide bonds. The van der Waals surface area contributed by atoms with Crippen LogP contribution in [0.15, 0.2) is 18.3 Å². The molecule has 1 aliphatic rings. The van der Waals surface area contributed by atoms with Crippen molar-refractivity contribution in [3.05, 3.63) is 23.9 Å². The second-order valence-corrected chi connectivity index (χ2v) is 4.80. The monoisotopic (exact) mass is 250 g/mol. The van der Waals surface area contributed by atoms with E-state index in [4.69, 9.17) is 9.47 Å². The van der Waals surface area contributed by atoms with E-state index in [2.05, 4.69) is 17.2 Å². The highest BCUT2D eigenvalue weighted by Gasteiger charge is 2.14. The van der Waals surface area contributed by atoms with Gasteiger partial charge in [0.25, 0.3) is 0 Å². The molecule has 4 heteroatoms. The summed E-state index contributed by atoms with van der Waals surface area (Å²) in [6.45, 7) is 4.59. The predicted octanol–water partition coefficient (Wildman–Crippen LogP) is 2.17. The van der Waals surface area contributed by atoms with Crippen LogP contribution in [0.1, 0.15) is 31.4 Å². The van der Waals surface area contributed by atoms with Crippen LogP contribution in [0, 0.1) is 5.92 Å². The number of aromatic nitrogens is 1. The summed E-state index contributed by atoms with van der Waals surface area (Å²) in [6, 6.07) is 4.35. The van der Waals surface area contributed by atoms with Crippen LogP contribution in [0.4, 0.5) is 0 Å². The van der Waals surface area contributed by atoms with Crippen LogP contribution in [-0.2, 0) is 4.74 Å². The average molecular weight is 250 g/mol. The number of nitrogens with zero attached hydrogens (tertiary/aromatic N) is 1. The SMILES string of the molecule is CNC(C)c1ccnc(OCC2CCOCC2)c1. The van der Waals surface area contributed by atoms with Crippen molar-refractivity contribution in [1.82, 2.24) is 10.3 Å². The second kappa shape index (κ2) is 6.71. The maximum Gasteiger partial charge on any atom is 0.213 e. The Hall–Kier alpha value is -1.13. The normalized spacial score (nSPS) is 18.6. The highest BCUT2D eigenvalue weighted by Crippen LogP contribution is 2.19. The smallest absolute Gasteiger partial charge is 0.213 e. The molecule has 0 spiro atoms. The Kier molecular flexibility index (Phi) is 4.96. The van der Waals surface area contributed by atoms with E-state index in [0.29, 0.717) is 12.0 Å². The number of rotatable bonds is 5. The first-order valence-electron chi connectivity index (χ1n) is 6.63. The molecule has 2 heterocycles. The molecule has 1 atom stereocenters. The number of ether oxygens (including phenoxy) is 2. The highest BCUT2D eigenvalue weighted by atomic mass is 16.5. The third-order valence-corrected chi connectivity index (χ3v) is 3.50. The summed E-state index contributed by atoms with van der Waals surface area (Å²) in [5, 5.41) is 3.21. The molecule has 1 unspecified atom stereocenters. The van der Waals surface area contributed by atoms with Crippen molar-refractivity contribution in [3.8, 4) is 5.88 Å². The molecule has 1 fully saturated rings. The lowest BCUT2D eigenvalue weighted by molar-refractivity contribution is 0.0490. The third-order valence-electron chi connectivity index (χ3n) is 3.50. The molecule has 18 heavy (non-hydrogen) atoms. The van der Waals surface area contributed by atoms with Gasteiger partial charge in [-0.05, 0) is 44.4 Å². The van der Waals surface area contributed by atoms with E-state index in [1.54, 1.807) is 0 Å². The maximum atomic E-state index is 5.79. The Labute approximate surface area is 109 Å². The van der Waals surface area contributed by atoms with Gasteiger partial charge in [-0.1, -0.05) is 0 Å². The number of nitrogens with one attached hydrogen (secondary N) is 1. The third kappa shape index (κ3) is 3.68. The Morgan fingerprint density at radius 1 is 1.50 bits per heavy atom. The fourth-order valence-corrected chi connectivity index (χ4v) is 2.06. The van der Waals surface area contributed by atoms with Crippen LogP contribution in [-0.4, -0.2) is 31.9 Å². The quantitative estimate of drug-likeness (QED) is 0.869. The molecule has 1 aromatic rings. The van der Waals surface area contributed by atoms with E-state index in [0.717, 1.165) is 38.5 Å². The van der Waals surface area contributed by atoms with Crippen molar-refractivity contribution in [2.24, 2.45) is 5.92 Å². The molecule has 100 valence electrons. The number of hydrogen-bond donors (Lipinski definition) is 1.